The first-order valence-corrected chi connectivity index (χ1v) is 8.17. The van der Waals surface area contributed by atoms with Crippen molar-refractivity contribution in [3.05, 3.63) is 20.3 Å². The molecule has 0 unspecified atom stereocenters. The quantitative estimate of drug-likeness (QED) is 0.921. The van der Waals surface area contributed by atoms with Gasteiger partial charge in [-0.05, 0) is 48.7 Å². The van der Waals surface area contributed by atoms with Crippen LogP contribution < -0.4 is 4.72 Å². The normalized spacial score (nSPS) is 17.8. The van der Waals surface area contributed by atoms with E-state index in [0.717, 1.165) is 4.88 Å². The molecule has 0 radical (unpaired) electrons. The van der Waals surface area contributed by atoms with Crippen LogP contribution in [-0.2, 0) is 10.0 Å². The molecule has 4 nitrogen and oxygen atoms in total. The van der Waals surface area contributed by atoms with Crippen LogP contribution in [0, 0.1) is 6.92 Å². The first-order valence-electron chi connectivity index (χ1n) is 5.08. The van der Waals surface area contributed by atoms with Gasteiger partial charge in [-0.3, -0.25) is 4.79 Å². The number of carbonyl (C=O) groups excluding carboxylic acids is 1. The highest BCUT2D eigenvalue weighted by molar-refractivity contribution is 9.10. The summed E-state index contributed by atoms with van der Waals surface area (Å²) in [5.74, 6) is -0.553. The van der Waals surface area contributed by atoms with Gasteiger partial charge in [-0.15, -0.1) is 11.3 Å². The van der Waals surface area contributed by atoms with Gasteiger partial charge >= 0.3 is 0 Å². The Labute approximate surface area is 113 Å². The molecule has 1 aromatic rings. The van der Waals surface area contributed by atoms with Crippen molar-refractivity contribution < 1.29 is 13.2 Å². The zero-order chi connectivity index (χ0) is 12.8. The highest BCUT2D eigenvalue weighted by Gasteiger charge is 2.51. The van der Waals surface area contributed by atoms with Crippen LogP contribution in [0.1, 0.15) is 34.3 Å². The van der Waals surface area contributed by atoms with Crippen molar-refractivity contribution in [1.29, 1.82) is 0 Å². The third-order valence-electron chi connectivity index (χ3n) is 2.85. The number of halogens is 1. The first kappa shape index (κ1) is 13.0. The van der Waals surface area contributed by atoms with Crippen LogP contribution in [-0.4, -0.2) is 19.1 Å². The number of hydrogen-bond acceptors (Lipinski definition) is 4. The van der Waals surface area contributed by atoms with Gasteiger partial charge in [-0.1, -0.05) is 0 Å². The highest BCUT2D eigenvalue weighted by Crippen LogP contribution is 2.42. The Morgan fingerprint density at radius 1 is 1.53 bits per heavy atom. The molecule has 1 heterocycles. The maximum absolute atomic E-state index is 11.9. The summed E-state index contributed by atoms with van der Waals surface area (Å²) < 4.78 is 25.8. The topological polar surface area (TPSA) is 63.2 Å². The van der Waals surface area contributed by atoms with E-state index in [4.69, 9.17) is 0 Å². The second-order valence-electron chi connectivity index (χ2n) is 4.42. The number of aryl methyl sites for hydroxylation is 1. The Morgan fingerprint density at radius 2 is 2.12 bits per heavy atom. The summed E-state index contributed by atoms with van der Waals surface area (Å²) in [6.07, 6.45) is 1.22. The number of rotatable bonds is 3. The lowest BCUT2D eigenvalue weighted by Crippen LogP contribution is -2.38. The van der Waals surface area contributed by atoms with Crippen LogP contribution in [0.15, 0.2) is 10.5 Å². The second kappa shape index (κ2) is 4.07. The molecule has 0 spiro atoms. The van der Waals surface area contributed by atoms with Crippen molar-refractivity contribution in [2.75, 3.05) is 0 Å². The monoisotopic (exact) mass is 337 g/mol. The fourth-order valence-electron chi connectivity index (χ4n) is 1.37. The number of sulfonamides is 1. The molecule has 0 saturated heterocycles. The lowest BCUT2D eigenvalue weighted by Gasteiger charge is -2.11. The van der Waals surface area contributed by atoms with Gasteiger partial charge in [0.2, 0.25) is 10.0 Å². The van der Waals surface area contributed by atoms with Crippen molar-refractivity contribution in [3.8, 4) is 0 Å². The van der Waals surface area contributed by atoms with E-state index in [-0.39, 0.29) is 0 Å². The van der Waals surface area contributed by atoms with Crippen LogP contribution in [0.4, 0.5) is 0 Å². The molecule has 2 rings (SSSR count). The van der Waals surface area contributed by atoms with Crippen LogP contribution in [0.25, 0.3) is 0 Å². The third-order valence-corrected chi connectivity index (χ3v) is 6.94. The van der Waals surface area contributed by atoms with E-state index in [1.807, 2.05) is 6.92 Å². The summed E-state index contributed by atoms with van der Waals surface area (Å²) in [5, 5.41) is 0. The largest absolute Gasteiger partial charge is 0.275 e. The van der Waals surface area contributed by atoms with E-state index in [1.54, 1.807) is 13.0 Å². The van der Waals surface area contributed by atoms with Gasteiger partial charge in [0.05, 0.1) is 4.75 Å². The summed E-state index contributed by atoms with van der Waals surface area (Å²) in [4.78, 5) is 13.2. The minimum absolute atomic E-state index is 0.398. The summed E-state index contributed by atoms with van der Waals surface area (Å²) >= 11 is 4.52. The van der Waals surface area contributed by atoms with E-state index in [9.17, 15) is 13.2 Å². The summed E-state index contributed by atoms with van der Waals surface area (Å²) in [6, 6.07) is 1.80. The Hall–Kier alpha value is -0.400. The lowest BCUT2D eigenvalue weighted by molar-refractivity contribution is 0.0984. The van der Waals surface area contributed by atoms with Crippen LogP contribution >= 0.6 is 27.3 Å². The van der Waals surface area contributed by atoms with Gasteiger partial charge < -0.3 is 0 Å². The molecule has 1 aliphatic carbocycles. The van der Waals surface area contributed by atoms with Crippen molar-refractivity contribution in [2.45, 2.75) is 31.4 Å². The lowest BCUT2D eigenvalue weighted by atomic mass is 10.4. The number of hydrogen-bond donors (Lipinski definition) is 1. The molecule has 0 aliphatic heterocycles. The average molecular weight is 338 g/mol. The SMILES string of the molecule is Cc1cc(Br)c(C(=O)NS(=O)(=O)C2(C)CC2)s1. The predicted octanol–water partition coefficient (Wildman–Crippen LogP) is 2.43. The molecular formula is C10H12BrNO3S2. The van der Waals surface area contributed by atoms with Crippen LogP contribution in [0.5, 0.6) is 0 Å². The van der Waals surface area contributed by atoms with E-state index in [1.165, 1.54) is 11.3 Å². The Kier molecular flexibility index (Phi) is 3.12. The van der Waals surface area contributed by atoms with Crippen LogP contribution in [0.2, 0.25) is 0 Å². The number of amides is 1. The van der Waals surface area contributed by atoms with Gasteiger partial charge in [0.25, 0.3) is 5.91 Å². The molecule has 0 atom stereocenters. The third kappa shape index (κ3) is 2.41. The molecule has 0 aromatic carbocycles. The molecule has 1 N–H and O–H groups in total. The van der Waals surface area contributed by atoms with Crippen molar-refractivity contribution in [2.24, 2.45) is 0 Å². The van der Waals surface area contributed by atoms with Crippen molar-refractivity contribution in [3.63, 3.8) is 0 Å². The van der Waals surface area contributed by atoms with Crippen molar-refractivity contribution >= 4 is 43.2 Å². The minimum atomic E-state index is -3.56. The average Bonchev–Trinajstić information content (AvgIpc) is 2.85. The smallest absolute Gasteiger partial charge is 0.267 e. The standard InChI is InChI=1S/C10H12BrNO3S2/c1-6-5-7(11)8(16-6)9(13)12-17(14,15)10(2)3-4-10/h5H,3-4H2,1-2H3,(H,12,13). The molecule has 7 heteroatoms. The Morgan fingerprint density at radius 3 is 2.53 bits per heavy atom. The molecule has 1 fully saturated rings. The summed E-state index contributed by atoms with van der Waals surface area (Å²) in [6.45, 7) is 3.51. The van der Waals surface area contributed by atoms with E-state index >= 15 is 0 Å². The molecule has 1 saturated carbocycles. The highest BCUT2D eigenvalue weighted by atomic mass is 79.9. The van der Waals surface area contributed by atoms with Gasteiger partial charge in [0.15, 0.2) is 0 Å². The van der Waals surface area contributed by atoms with Gasteiger partial charge in [0.1, 0.15) is 4.88 Å². The van der Waals surface area contributed by atoms with Gasteiger partial charge in [-0.25, -0.2) is 13.1 Å². The van der Waals surface area contributed by atoms with E-state index in [0.29, 0.717) is 22.2 Å². The number of carbonyl (C=O) groups is 1. The zero-order valence-electron chi connectivity index (χ0n) is 9.41. The molecular weight excluding hydrogens is 326 g/mol. The van der Waals surface area contributed by atoms with Crippen molar-refractivity contribution in [1.82, 2.24) is 4.72 Å². The zero-order valence-corrected chi connectivity index (χ0v) is 12.6. The van der Waals surface area contributed by atoms with Crippen LogP contribution in [0.3, 0.4) is 0 Å². The number of nitrogens with one attached hydrogen (secondary N) is 1. The van der Waals surface area contributed by atoms with E-state index < -0.39 is 20.7 Å². The molecule has 1 amide bonds. The fourth-order valence-corrected chi connectivity index (χ4v) is 4.39. The van der Waals surface area contributed by atoms with E-state index in [2.05, 4.69) is 20.7 Å². The Bertz CT molecular complexity index is 572. The maximum atomic E-state index is 11.9. The second-order valence-corrected chi connectivity index (χ2v) is 8.73. The summed E-state index contributed by atoms with van der Waals surface area (Å²) in [7, 11) is -3.56. The molecule has 1 aliphatic rings. The first-order chi connectivity index (χ1) is 7.75. The minimum Gasteiger partial charge on any atom is -0.267 e. The molecule has 94 valence electrons. The number of thiophene rings is 1. The molecule has 0 bridgehead atoms. The van der Waals surface area contributed by atoms with Gasteiger partial charge in [-0.2, -0.15) is 0 Å². The molecule has 1 aromatic heterocycles. The molecule has 17 heavy (non-hydrogen) atoms. The predicted molar refractivity (Wildman–Crippen MR) is 70.8 cm³/mol. The summed E-state index contributed by atoms with van der Waals surface area (Å²) in [5.41, 5.74) is 0. The van der Waals surface area contributed by atoms with Gasteiger partial charge in [0, 0.05) is 9.35 Å². The maximum Gasteiger partial charge on any atom is 0.275 e. The fraction of sp³-hybridized carbons (Fsp3) is 0.500. The Balaban J connectivity index is 2.21.